The average molecular weight is 288 g/mol. The van der Waals surface area contributed by atoms with Crippen LogP contribution in [0.1, 0.15) is 38.8 Å². The van der Waals surface area contributed by atoms with Gasteiger partial charge in [-0.05, 0) is 38.1 Å². The molecule has 0 spiro atoms. The maximum atomic E-state index is 12.1. The van der Waals surface area contributed by atoms with E-state index in [4.69, 9.17) is 5.26 Å². The number of carbonyl (C=O) groups is 1. The highest BCUT2D eigenvalue weighted by atomic mass is 16.2. The number of amides is 2. The second-order valence-electron chi connectivity index (χ2n) is 4.82. The van der Waals surface area contributed by atoms with Gasteiger partial charge in [-0.2, -0.15) is 5.26 Å². The van der Waals surface area contributed by atoms with Gasteiger partial charge in [0.15, 0.2) is 0 Å². The van der Waals surface area contributed by atoms with Crippen LogP contribution in [0.15, 0.2) is 24.3 Å². The molecule has 0 saturated heterocycles. The average Bonchev–Trinajstić information content (AvgIpc) is 2.48. The summed E-state index contributed by atoms with van der Waals surface area (Å²) in [4.78, 5) is 13.8. The van der Waals surface area contributed by atoms with E-state index in [1.54, 1.807) is 4.90 Å². The summed E-state index contributed by atoms with van der Waals surface area (Å²) >= 11 is 0. The molecule has 1 aromatic rings. The van der Waals surface area contributed by atoms with E-state index < -0.39 is 0 Å². The second kappa shape index (κ2) is 8.98. The van der Waals surface area contributed by atoms with E-state index in [0.717, 1.165) is 17.8 Å². The predicted molar refractivity (Wildman–Crippen MR) is 85.0 cm³/mol. The van der Waals surface area contributed by atoms with Crippen molar-refractivity contribution in [3.05, 3.63) is 29.8 Å². The van der Waals surface area contributed by atoms with Gasteiger partial charge >= 0.3 is 6.03 Å². The van der Waals surface area contributed by atoms with Crippen molar-refractivity contribution in [2.75, 3.05) is 25.0 Å². The first kappa shape index (κ1) is 17.0. The zero-order valence-corrected chi connectivity index (χ0v) is 13.0. The highest BCUT2D eigenvalue weighted by Gasteiger charge is 2.12. The molecule has 0 bridgehead atoms. The van der Waals surface area contributed by atoms with Crippen LogP contribution in [0.3, 0.4) is 0 Å². The summed E-state index contributed by atoms with van der Waals surface area (Å²) in [6.45, 7) is 8.00. The molecular formula is C16H24N4O. The lowest BCUT2D eigenvalue weighted by Crippen LogP contribution is -2.35. The van der Waals surface area contributed by atoms with Gasteiger partial charge in [-0.1, -0.05) is 19.1 Å². The Morgan fingerprint density at radius 1 is 1.43 bits per heavy atom. The van der Waals surface area contributed by atoms with Crippen LogP contribution in [-0.2, 0) is 0 Å². The summed E-state index contributed by atoms with van der Waals surface area (Å²) < 4.78 is 0. The SMILES string of the molecule is CCNC(C)c1cccc(NC(=O)N(CC)CCC#N)c1. The number of hydrogen-bond donors (Lipinski definition) is 2. The van der Waals surface area contributed by atoms with E-state index in [0.29, 0.717) is 19.5 Å². The number of hydrogen-bond acceptors (Lipinski definition) is 3. The fourth-order valence-corrected chi connectivity index (χ4v) is 2.10. The van der Waals surface area contributed by atoms with Gasteiger partial charge in [0.1, 0.15) is 0 Å². The van der Waals surface area contributed by atoms with Gasteiger partial charge in [-0.25, -0.2) is 4.79 Å². The summed E-state index contributed by atoms with van der Waals surface area (Å²) in [5.41, 5.74) is 1.91. The minimum absolute atomic E-state index is 0.166. The number of carbonyl (C=O) groups excluding carboxylic acids is 1. The molecule has 5 nitrogen and oxygen atoms in total. The molecule has 0 heterocycles. The summed E-state index contributed by atoms with van der Waals surface area (Å²) in [5.74, 6) is 0. The van der Waals surface area contributed by atoms with Crippen LogP contribution in [0.5, 0.6) is 0 Å². The highest BCUT2D eigenvalue weighted by Crippen LogP contribution is 2.17. The minimum atomic E-state index is -0.166. The van der Waals surface area contributed by atoms with Gasteiger partial charge in [0.25, 0.3) is 0 Å². The number of nitrogens with zero attached hydrogens (tertiary/aromatic N) is 2. The summed E-state index contributed by atoms with van der Waals surface area (Å²) in [6.07, 6.45) is 0.346. The molecule has 1 rings (SSSR count). The Morgan fingerprint density at radius 2 is 2.19 bits per heavy atom. The Balaban J connectivity index is 2.71. The first-order valence-corrected chi connectivity index (χ1v) is 7.38. The Morgan fingerprint density at radius 3 is 2.81 bits per heavy atom. The molecule has 5 heteroatoms. The van der Waals surface area contributed by atoms with Gasteiger partial charge in [-0.3, -0.25) is 0 Å². The topological polar surface area (TPSA) is 68.2 Å². The molecule has 2 N–H and O–H groups in total. The molecule has 0 aliphatic carbocycles. The monoisotopic (exact) mass is 288 g/mol. The van der Waals surface area contributed by atoms with Crippen LogP contribution in [0.25, 0.3) is 0 Å². The van der Waals surface area contributed by atoms with Crippen molar-refractivity contribution >= 4 is 11.7 Å². The molecular weight excluding hydrogens is 264 g/mol. The first-order valence-electron chi connectivity index (χ1n) is 7.38. The lowest BCUT2D eigenvalue weighted by Gasteiger charge is -2.20. The Hall–Kier alpha value is -2.06. The second-order valence-corrected chi connectivity index (χ2v) is 4.82. The number of rotatable bonds is 7. The Kier molecular flexibility index (Phi) is 7.27. The lowest BCUT2D eigenvalue weighted by atomic mass is 10.1. The van der Waals surface area contributed by atoms with E-state index in [-0.39, 0.29) is 12.1 Å². The fourth-order valence-electron chi connectivity index (χ4n) is 2.10. The Bertz CT molecular complexity index is 495. The normalized spacial score (nSPS) is 11.5. The first-order chi connectivity index (χ1) is 10.1. The molecule has 0 aliphatic rings. The largest absolute Gasteiger partial charge is 0.324 e. The van der Waals surface area contributed by atoms with Crippen LogP contribution in [0.4, 0.5) is 10.5 Å². The fraction of sp³-hybridized carbons (Fsp3) is 0.500. The number of benzene rings is 1. The molecule has 114 valence electrons. The van der Waals surface area contributed by atoms with Gasteiger partial charge in [0.2, 0.25) is 0 Å². The smallest absolute Gasteiger partial charge is 0.321 e. The van der Waals surface area contributed by atoms with Gasteiger partial charge < -0.3 is 15.5 Å². The van der Waals surface area contributed by atoms with Crippen molar-refractivity contribution in [3.63, 3.8) is 0 Å². The molecule has 1 atom stereocenters. The van der Waals surface area contributed by atoms with Crippen molar-refractivity contribution in [2.45, 2.75) is 33.2 Å². The van der Waals surface area contributed by atoms with E-state index in [1.165, 1.54) is 0 Å². The third kappa shape index (κ3) is 5.44. The molecule has 1 aromatic carbocycles. The van der Waals surface area contributed by atoms with Crippen LogP contribution in [-0.4, -0.2) is 30.6 Å². The standard InChI is InChI=1S/C16H24N4O/c1-4-18-13(3)14-8-6-9-15(12-14)19-16(21)20(5-2)11-7-10-17/h6,8-9,12-13,18H,4-5,7,11H2,1-3H3,(H,19,21). The Labute approximate surface area is 126 Å². The van der Waals surface area contributed by atoms with E-state index >= 15 is 0 Å². The van der Waals surface area contributed by atoms with E-state index in [2.05, 4.69) is 30.6 Å². The van der Waals surface area contributed by atoms with Gasteiger partial charge in [-0.15, -0.1) is 0 Å². The maximum absolute atomic E-state index is 12.1. The zero-order valence-electron chi connectivity index (χ0n) is 13.0. The van der Waals surface area contributed by atoms with Crippen molar-refractivity contribution in [1.29, 1.82) is 5.26 Å². The maximum Gasteiger partial charge on any atom is 0.321 e. The lowest BCUT2D eigenvalue weighted by molar-refractivity contribution is 0.215. The molecule has 21 heavy (non-hydrogen) atoms. The minimum Gasteiger partial charge on any atom is -0.324 e. The van der Waals surface area contributed by atoms with Crippen LogP contribution in [0, 0.1) is 11.3 Å². The van der Waals surface area contributed by atoms with Gasteiger partial charge in [0.05, 0.1) is 12.5 Å². The third-order valence-corrected chi connectivity index (χ3v) is 3.31. The highest BCUT2D eigenvalue weighted by molar-refractivity contribution is 5.89. The zero-order chi connectivity index (χ0) is 15.7. The van der Waals surface area contributed by atoms with Crippen molar-refractivity contribution < 1.29 is 4.79 Å². The summed E-state index contributed by atoms with van der Waals surface area (Å²) in [5, 5.41) is 14.8. The van der Waals surface area contributed by atoms with Gasteiger partial charge in [0, 0.05) is 24.8 Å². The number of nitriles is 1. The van der Waals surface area contributed by atoms with Crippen LogP contribution < -0.4 is 10.6 Å². The molecule has 2 amide bonds. The quantitative estimate of drug-likeness (QED) is 0.810. The predicted octanol–water partition coefficient (Wildman–Crippen LogP) is 3.12. The van der Waals surface area contributed by atoms with Crippen LogP contribution in [0.2, 0.25) is 0 Å². The summed E-state index contributed by atoms with van der Waals surface area (Å²) in [7, 11) is 0. The molecule has 0 aromatic heterocycles. The van der Waals surface area contributed by atoms with Crippen molar-refractivity contribution in [1.82, 2.24) is 10.2 Å². The molecule has 1 unspecified atom stereocenters. The van der Waals surface area contributed by atoms with E-state index in [1.807, 2.05) is 31.2 Å². The third-order valence-electron chi connectivity index (χ3n) is 3.31. The molecule has 0 aliphatic heterocycles. The van der Waals surface area contributed by atoms with Crippen LogP contribution >= 0.6 is 0 Å². The van der Waals surface area contributed by atoms with Crippen molar-refractivity contribution in [2.24, 2.45) is 0 Å². The molecule has 0 saturated carbocycles. The summed E-state index contributed by atoms with van der Waals surface area (Å²) in [6, 6.07) is 9.96. The number of urea groups is 1. The number of anilines is 1. The number of nitrogens with one attached hydrogen (secondary N) is 2. The van der Waals surface area contributed by atoms with Crippen molar-refractivity contribution in [3.8, 4) is 6.07 Å². The van der Waals surface area contributed by atoms with E-state index in [9.17, 15) is 4.79 Å². The molecule has 0 fully saturated rings. The molecule has 0 radical (unpaired) electrons.